The molecule has 1 aliphatic rings. The second-order valence-corrected chi connectivity index (χ2v) is 4.98. The van der Waals surface area contributed by atoms with Gasteiger partial charge in [0.25, 0.3) is 0 Å². The van der Waals surface area contributed by atoms with Crippen LogP contribution < -0.4 is 5.73 Å². The maximum Gasteiger partial charge on any atom is 0.133 e. The zero-order chi connectivity index (χ0) is 12.3. The number of hydrogen-bond donors (Lipinski definition) is 2. The van der Waals surface area contributed by atoms with Gasteiger partial charge in [-0.05, 0) is 39.7 Å². The van der Waals surface area contributed by atoms with E-state index in [1.807, 2.05) is 18.2 Å². The van der Waals surface area contributed by atoms with Gasteiger partial charge in [0.15, 0.2) is 0 Å². The van der Waals surface area contributed by atoms with Crippen molar-refractivity contribution >= 4 is 0 Å². The van der Waals surface area contributed by atoms with Crippen molar-refractivity contribution in [2.75, 3.05) is 0 Å². The average molecular weight is 224 g/mol. The van der Waals surface area contributed by atoms with Crippen LogP contribution in [0, 0.1) is 0 Å². The van der Waals surface area contributed by atoms with E-state index in [0.29, 0.717) is 12.1 Å². The highest BCUT2D eigenvalue weighted by molar-refractivity contribution is 5.28. The standard InChI is InChI=1S/C13H24N2O/c1-9(2)15(10(3)4)13(16)11-6-5-7-12(14)8-11/h5-6,8-10,12-13,16H,7,14H2,1-4H3. The minimum atomic E-state index is -0.553. The van der Waals surface area contributed by atoms with Crippen LogP contribution in [0.3, 0.4) is 0 Å². The first-order valence-corrected chi connectivity index (χ1v) is 6.02. The Bertz CT molecular complexity index is 274. The van der Waals surface area contributed by atoms with Crippen LogP contribution in [0.4, 0.5) is 0 Å². The third-order valence-electron chi connectivity index (χ3n) is 2.90. The summed E-state index contributed by atoms with van der Waals surface area (Å²) in [5, 5.41) is 10.3. The van der Waals surface area contributed by atoms with Gasteiger partial charge in [-0.1, -0.05) is 18.2 Å². The van der Waals surface area contributed by atoms with Gasteiger partial charge in [0.05, 0.1) is 0 Å². The Morgan fingerprint density at radius 1 is 1.31 bits per heavy atom. The lowest BCUT2D eigenvalue weighted by atomic mass is 10.0. The summed E-state index contributed by atoms with van der Waals surface area (Å²) in [7, 11) is 0. The first kappa shape index (κ1) is 13.4. The summed E-state index contributed by atoms with van der Waals surface area (Å²) in [4.78, 5) is 2.08. The van der Waals surface area contributed by atoms with Gasteiger partial charge >= 0.3 is 0 Å². The lowest BCUT2D eigenvalue weighted by molar-refractivity contribution is -0.00958. The Morgan fingerprint density at radius 3 is 2.31 bits per heavy atom. The maximum absolute atomic E-state index is 10.3. The van der Waals surface area contributed by atoms with E-state index >= 15 is 0 Å². The molecule has 0 aromatic rings. The van der Waals surface area contributed by atoms with E-state index in [-0.39, 0.29) is 6.04 Å². The Kier molecular flexibility index (Phi) is 4.71. The van der Waals surface area contributed by atoms with Crippen molar-refractivity contribution in [2.24, 2.45) is 5.73 Å². The van der Waals surface area contributed by atoms with E-state index in [9.17, 15) is 5.11 Å². The summed E-state index contributed by atoms with van der Waals surface area (Å²) in [6.07, 6.45) is 6.28. The van der Waals surface area contributed by atoms with Crippen LogP contribution in [-0.4, -0.2) is 34.4 Å². The zero-order valence-corrected chi connectivity index (χ0v) is 10.7. The first-order chi connectivity index (χ1) is 7.43. The molecule has 2 atom stereocenters. The second kappa shape index (κ2) is 5.62. The molecule has 0 amide bonds. The van der Waals surface area contributed by atoms with Crippen molar-refractivity contribution in [3.63, 3.8) is 0 Å². The Hall–Kier alpha value is -0.640. The number of rotatable bonds is 4. The smallest absolute Gasteiger partial charge is 0.133 e. The Labute approximate surface area is 98.6 Å². The summed E-state index contributed by atoms with van der Waals surface area (Å²) in [5.74, 6) is 0. The lowest BCUT2D eigenvalue weighted by Crippen LogP contribution is -2.46. The summed E-state index contributed by atoms with van der Waals surface area (Å²) < 4.78 is 0. The molecule has 3 nitrogen and oxygen atoms in total. The van der Waals surface area contributed by atoms with Crippen molar-refractivity contribution < 1.29 is 5.11 Å². The summed E-state index contributed by atoms with van der Waals surface area (Å²) in [6.45, 7) is 8.37. The molecule has 0 saturated carbocycles. The molecule has 0 aromatic carbocycles. The highest BCUT2D eigenvalue weighted by atomic mass is 16.3. The average Bonchev–Trinajstić information content (AvgIpc) is 2.16. The molecule has 0 saturated heterocycles. The molecule has 0 spiro atoms. The maximum atomic E-state index is 10.3. The van der Waals surface area contributed by atoms with Gasteiger partial charge in [0.1, 0.15) is 6.23 Å². The number of nitrogens with zero attached hydrogens (tertiary/aromatic N) is 1. The topological polar surface area (TPSA) is 49.5 Å². The fourth-order valence-corrected chi connectivity index (χ4v) is 2.24. The van der Waals surface area contributed by atoms with Crippen molar-refractivity contribution in [2.45, 2.75) is 58.5 Å². The predicted octanol–water partition coefficient (Wildman–Crippen LogP) is 1.64. The van der Waals surface area contributed by atoms with Gasteiger partial charge in [-0.25, -0.2) is 0 Å². The largest absolute Gasteiger partial charge is 0.374 e. The third-order valence-corrected chi connectivity index (χ3v) is 2.90. The molecule has 0 aromatic heterocycles. The number of nitrogens with two attached hydrogens (primary N) is 1. The molecule has 16 heavy (non-hydrogen) atoms. The minimum Gasteiger partial charge on any atom is -0.374 e. The van der Waals surface area contributed by atoms with Gasteiger partial charge < -0.3 is 10.8 Å². The molecule has 1 rings (SSSR count). The molecule has 3 N–H and O–H groups in total. The summed E-state index contributed by atoms with van der Waals surface area (Å²) >= 11 is 0. The second-order valence-electron chi connectivity index (χ2n) is 4.98. The van der Waals surface area contributed by atoms with Crippen LogP contribution in [0.5, 0.6) is 0 Å². The van der Waals surface area contributed by atoms with Gasteiger partial charge in [0, 0.05) is 18.1 Å². The van der Waals surface area contributed by atoms with Crippen LogP contribution in [0.25, 0.3) is 0 Å². The SMILES string of the molecule is CC(C)N(C(C)C)C(O)C1=CC(N)CC=C1. The fraction of sp³-hybridized carbons (Fsp3) is 0.692. The number of aliphatic hydroxyl groups is 1. The van der Waals surface area contributed by atoms with Crippen molar-refractivity contribution in [1.82, 2.24) is 4.90 Å². The monoisotopic (exact) mass is 224 g/mol. The van der Waals surface area contributed by atoms with Gasteiger partial charge in [-0.3, -0.25) is 4.90 Å². The Balaban J connectivity index is 2.82. The first-order valence-electron chi connectivity index (χ1n) is 6.02. The quantitative estimate of drug-likeness (QED) is 0.714. The zero-order valence-electron chi connectivity index (χ0n) is 10.7. The van der Waals surface area contributed by atoms with Crippen molar-refractivity contribution in [3.8, 4) is 0 Å². The van der Waals surface area contributed by atoms with E-state index in [0.717, 1.165) is 12.0 Å². The molecule has 0 radical (unpaired) electrons. The van der Waals surface area contributed by atoms with Crippen LogP contribution in [-0.2, 0) is 0 Å². The van der Waals surface area contributed by atoms with Crippen LogP contribution in [0.15, 0.2) is 23.8 Å². The molecule has 92 valence electrons. The Morgan fingerprint density at radius 2 is 1.88 bits per heavy atom. The molecular weight excluding hydrogens is 200 g/mol. The summed E-state index contributed by atoms with van der Waals surface area (Å²) in [5.41, 5.74) is 6.78. The molecule has 3 heteroatoms. The molecule has 0 fully saturated rings. The molecule has 0 bridgehead atoms. The normalized spacial score (nSPS) is 23.1. The van der Waals surface area contributed by atoms with Crippen LogP contribution >= 0.6 is 0 Å². The lowest BCUT2D eigenvalue weighted by Gasteiger charge is -2.36. The van der Waals surface area contributed by atoms with Gasteiger partial charge in [-0.15, -0.1) is 0 Å². The van der Waals surface area contributed by atoms with Crippen LogP contribution in [0.2, 0.25) is 0 Å². The van der Waals surface area contributed by atoms with Gasteiger partial charge in [-0.2, -0.15) is 0 Å². The predicted molar refractivity (Wildman–Crippen MR) is 67.9 cm³/mol. The van der Waals surface area contributed by atoms with Crippen LogP contribution in [0.1, 0.15) is 34.1 Å². The molecule has 0 aliphatic heterocycles. The minimum absolute atomic E-state index is 0.0378. The molecule has 1 aliphatic carbocycles. The van der Waals surface area contributed by atoms with E-state index in [4.69, 9.17) is 5.73 Å². The fourth-order valence-electron chi connectivity index (χ4n) is 2.24. The molecule has 0 heterocycles. The number of aliphatic hydroxyl groups excluding tert-OH is 1. The molecule has 2 unspecified atom stereocenters. The number of hydrogen-bond acceptors (Lipinski definition) is 3. The van der Waals surface area contributed by atoms with E-state index in [2.05, 4.69) is 32.6 Å². The van der Waals surface area contributed by atoms with E-state index in [1.54, 1.807) is 0 Å². The van der Waals surface area contributed by atoms with E-state index < -0.39 is 6.23 Å². The van der Waals surface area contributed by atoms with Crippen molar-refractivity contribution in [1.29, 1.82) is 0 Å². The highest BCUT2D eigenvalue weighted by Crippen LogP contribution is 2.19. The van der Waals surface area contributed by atoms with Gasteiger partial charge in [0.2, 0.25) is 0 Å². The van der Waals surface area contributed by atoms with E-state index in [1.165, 1.54) is 0 Å². The third kappa shape index (κ3) is 3.17. The highest BCUT2D eigenvalue weighted by Gasteiger charge is 2.24. The summed E-state index contributed by atoms with van der Waals surface area (Å²) in [6, 6.07) is 0.653. The molecular formula is C13H24N2O. The van der Waals surface area contributed by atoms with Crippen molar-refractivity contribution in [3.05, 3.63) is 23.8 Å².